The number of nitrogens with zero attached hydrogens (tertiary/aromatic N) is 1. The van der Waals surface area contributed by atoms with E-state index < -0.39 is 17.2 Å². The number of benzene rings is 1. The summed E-state index contributed by atoms with van der Waals surface area (Å²) in [6, 6.07) is 7.49. The minimum atomic E-state index is -0.725. The number of amides is 3. The average Bonchev–Trinajstić information content (AvgIpc) is 2.87. The molecule has 1 aliphatic heterocycles. The van der Waals surface area contributed by atoms with E-state index in [1.54, 1.807) is 21.0 Å². The fourth-order valence-corrected chi connectivity index (χ4v) is 3.81. The first-order chi connectivity index (χ1) is 13.1. The molecule has 28 heavy (non-hydrogen) atoms. The van der Waals surface area contributed by atoms with E-state index in [1.165, 1.54) is 6.42 Å². The van der Waals surface area contributed by atoms with Gasteiger partial charge in [-0.1, -0.05) is 25.0 Å². The lowest BCUT2D eigenvalue weighted by Crippen LogP contribution is -2.43. The maximum Gasteiger partial charge on any atom is 0.322 e. The largest absolute Gasteiger partial charge is 0.497 e. The van der Waals surface area contributed by atoms with Crippen molar-refractivity contribution in [2.75, 3.05) is 27.7 Å². The Morgan fingerprint density at radius 2 is 1.96 bits per heavy atom. The Balaban J connectivity index is 0.000000261. The van der Waals surface area contributed by atoms with Crippen LogP contribution in [0.2, 0.25) is 0 Å². The Kier molecular flexibility index (Phi) is 7.06. The second-order valence-electron chi connectivity index (χ2n) is 8.39. The normalized spacial score (nSPS) is 26.2. The molecule has 2 aliphatic rings. The number of ether oxygens (including phenoxy) is 1. The van der Waals surface area contributed by atoms with Crippen LogP contribution in [0.5, 0.6) is 5.75 Å². The van der Waals surface area contributed by atoms with E-state index in [0.29, 0.717) is 5.92 Å². The summed E-state index contributed by atoms with van der Waals surface area (Å²) in [5.74, 6) is 0.843. The second-order valence-corrected chi connectivity index (χ2v) is 8.39. The van der Waals surface area contributed by atoms with Gasteiger partial charge in [0, 0.05) is 12.5 Å². The van der Waals surface area contributed by atoms with Gasteiger partial charge in [0.25, 0.3) is 5.91 Å². The smallest absolute Gasteiger partial charge is 0.322 e. The Morgan fingerprint density at radius 3 is 2.46 bits per heavy atom. The van der Waals surface area contributed by atoms with Gasteiger partial charge in [-0.25, -0.2) is 4.79 Å². The van der Waals surface area contributed by atoms with Crippen LogP contribution in [0.15, 0.2) is 24.3 Å². The molecule has 156 valence electrons. The molecule has 2 fully saturated rings. The lowest BCUT2D eigenvalue weighted by Gasteiger charge is -2.41. The zero-order valence-electron chi connectivity index (χ0n) is 17.5. The van der Waals surface area contributed by atoms with Crippen LogP contribution in [0.3, 0.4) is 0 Å². The fraction of sp³-hybridized carbons (Fsp3) is 0.619. The van der Waals surface area contributed by atoms with E-state index in [1.807, 2.05) is 24.3 Å². The molecule has 0 aromatic heterocycles. The number of hydrogen-bond donors (Lipinski definition) is 3. The summed E-state index contributed by atoms with van der Waals surface area (Å²) >= 11 is 0. The molecule has 1 aromatic rings. The van der Waals surface area contributed by atoms with Gasteiger partial charge >= 0.3 is 6.03 Å². The Hall–Kier alpha value is -2.12. The van der Waals surface area contributed by atoms with E-state index >= 15 is 0 Å². The molecule has 1 aromatic carbocycles. The van der Waals surface area contributed by atoms with Gasteiger partial charge in [0.05, 0.1) is 12.7 Å². The third-order valence-corrected chi connectivity index (χ3v) is 5.41. The highest BCUT2D eigenvalue weighted by molar-refractivity contribution is 6.06. The Bertz CT molecular complexity index is 705. The highest BCUT2D eigenvalue weighted by atomic mass is 16.5. The van der Waals surface area contributed by atoms with Gasteiger partial charge in [0.2, 0.25) is 0 Å². The van der Waals surface area contributed by atoms with E-state index in [-0.39, 0.29) is 5.91 Å². The molecule has 3 rings (SSSR count). The third-order valence-electron chi connectivity index (χ3n) is 5.41. The molecular formula is C21H33N3O4. The summed E-state index contributed by atoms with van der Waals surface area (Å²) in [6.07, 6.45) is 4.24. The topological polar surface area (TPSA) is 90.9 Å². The van der Waals surface area contributed by atoms with Crippen LogP contribution in [0.25, 0.3) is 0 Å². The molecule has 1 saturated carbocycles. The van der Waals surface area contributed by atoms with Crippen LogP contribution >= 0.6 is 0 Å². The van der Waals surface area contributed by atoms with E-state index in [4.69, 9.17) is 4.74 Å². The van der Waals surface area contributed by atoms with Crippen molar-refractivity contribution in [3.8, 4) is 5.75 Å². The molecule has 0 spiro atoms. The molecule has 7 nitrogen and oxygen atoms in total. The maximum atomic E-state index is 11.2. The molecule has 1 heterocycles. The van der Waals surface area contributed by atoms with Crippen molar-refractivity contribution in [2.45, 2.75) is 50.7 Å². The molecule has 7 heteroatoms. The number of carbonyl (C=O) groups excluding carboxylic acids is 2. The van der Waals surface area contributed by atoms with Gasteiger partial charge < -0.3 is 20.1 Å². The van der Waals surface area contributed by atoms with Crippen LogP contribution in [-0.4, -0.2) is 55.2 Å². The fourth-order valence-electron chi connectivity index (χ4n) is 3.81. The monoisotopic (exact) mass is 391 g/mol. The van der Waals surface area contributed by atoms with Crippen LogP contribution in [-0.2, 0) is 10.4 Å². The molecule has 3 N–H and O–H groups in total. The molecule has 1 saturated heterocycles. The van der Waals surface area contributed by atoms with Crippen LogP contribution < -0.4 is 15.4 Å². The maximum absolute atomic E-state index is 11.2. The number of aliphatic hydroxyl groups is 1. The number of nitrogens with one attached hydrogen (secondary N) is 2. The highest BCUT2D eigenvalue weighted by Gasteiger charge is 2.40. The predicted octanol–water partition coefficient (Wildman–Crippen LogP) is 2.24. The van der Waals surface area contributed by atoms with Crippen LogP contribution in [0, 0.1) is 5.92 Å². The predicted molar refractivity (Wildman–Crippen MR) is 108 cm³/mol. The summed E-state index contributed by atoms with van der Waals surface area (Å²) in [7, 11) is 5.81. The minimum absolute atomic E-state index is 0.271. The van der Waals surface area contributed by atoms with Crippen molar-refractivity contribution in [2.24, 2.45) is 5.92 Å². The van der Waals surface area contributed by atoms with Crippen LogP contribution in [0.1, 0.15) is 45.1 Å². The van der Waals surface area contributed by atoms with Crippen LogP contribution in [0.4, 0.5) is 4.79 Å². The number of rotatable bonds is 4. The van der Waals surface area contributed by atoms with Gasteiger partial charge in [-0.05, 0) is 58.5 Å². The van der Waals surface area contributed by atoms with Gasteiger partial charge in [0.15, 0.2) is 0 Å². The van der Waals surface area contributed by atoms with Gasteiger partial charge in [0.1, 0.15) is 11.3 Å². The van der Waals surface area contributed by atoms with Crippen molar-refractivity contribution in [1.29, 1.82) is 0 Å². The quantitative estimate of drug-likeness (QED) is 0.685. The summed E-state index contributed by atoms with van der Waals surface area (Å²) in [5, 5.41) is 15.8. The molecular weight excluding hydrogens is 358 g/mol. The molecule has 0 bridgehead atoms. The molecule has 3 amide bonds. The van der Waals surface area contributed by atoms with Crippen molar-refractivity contribution in [3.63, 3.8) is 0 Å². The van der Waals surface area contributed by atoms with Crippen molar-refractivity contribution >= 4 is 11.9 Å². The highest BCUT2D eigenvalue weighted by Crippen LogP contribution is 2.42. The first-order valence-electron chi connectivity index (χ1n) is 9.73. The number of carbonyl (C=O) groups is 2. The number of hydrogen-bond acceptors (Lipinski definition) is 5. The first kappa shape index (κ1) is 22.2. The first-order valence-corrected chi connectivity index (χ1v) is 9.73. The second kappa shape index (κ2) is 8.92. The average molecular weight is 392 g/mol. The van der Waals surface area contributed by atoms with E-state index in [0.717, 1.165) is 37.1 Å². The SMILES string of the molecule is CC1(C)NC(=O)NC1=O.COc1cccc([C@@]2(O)CCCC[C@@H]2CN(C)C)c1. The van der Waals surface area contributed by atoms with Gasteiger partial charge in [-0.15, -0.1) is 0 Å². The molecule has 1 aliphatic carbocycles. The van der Waals surface area contributed by atoms with Crippen molar-refractivity contribution in [3.05, 3.63) is 29.8 Å². The van der Waals surface area contributed by atoms with Crippen molar-refractivity contribution in [1.82, 2.24) is 15.5 Å². The number of methoxy groups -OCH3 is 1. The van der Waals surface area contributed by atoms with Gasteiger partial charge in [-0.3, -0.25) is 10.1 Å². The Labute approximate surface area is 167 Å². The summed E-state index contributed by atoms with van der Waals surface area (Å²) < 4.78 is 5.29. The number of imide groups is 1. The lowest BCUT2D eigenvalue weighted by atomic mass is 9.71. The number of urea groups is 1. The third kappa shape index (κ3) is 5.23. The van der Waals surface area contributed by atoms with E-state index in [2.05, 4.69) is 29.6 Å². The zero-order chi connectivity index (χ0) is 20.9. The minimum Gasteiger partial charge on any atom is -0.497 e. The van der Waals surface area contributed by atoms with Crippen molar-refractivity contribution < 1.29 is 19.4 Å². The molecule has 0 unspecified atom stereocenters. The molecule has 0 radical (unpaired) electrons. The summed E-state index contributed by atoms with van der Waals surface area (Å²) in [4.78, 5) is 23.3. The zero-order valence-corrected chi connectivity index (χ0v) is 17.5. The standard InChI is InChI=1S/C16H25NO2.C5H8N2O2/c1-17(2)12-14-7-4-5-10-16(14,18)13-8-6-9-15(11-13)19-3;1-5(2)3(8)6-4(9)7-5/h6,8-9,11,14,18H,4-5,7,10,12H2,1-3H3;1-2H3,(H2,6,7,8,9)/t14-,16+;/m1./s1. The lowest BCUT2D eigenvalue weighted by molar-refractivity contribution is -0.122. The van der Waals surface area contributed by atoms with E-state index in [9.17, 15) is 14.7 Å². The molecule has 2 atom stereocenters. The summed E-state index contributed by atoms with van der Waals surface area (Å²) in [6.45, 7) is 4.22. The Morgan fingerprint density at radius 1 is 1.25 bits per heavy atom. The summed E-state index contributed by atoms with van der Waals surface area (Å²) in [5.41, 5.74) is -0.438. The van der Waals surface area contributed by atoms with Gasteiger partial charge in [-0.2, -0.15) is 0 Å².